The van der Waals surface area contributed by atoms with Crippen molar-refractivity contribution in [3.8, 4) is 11.6 Å². The van der Waals surface area contributed by atoms with Gasteiger partial charge >= 0.3 is 5.97 Å². The van der Waals surface area contributed by atoms with Crippen molar-refractivity contribution in [1.82, 2.24) is 4.98 Å². The number of nitrogens with zero attached hydrogens (tertiary/aromatic N) is 1. The van der Waals surface area contributed by atoms with E-state index in [1.54, 1.807) is 0 Å². The maximum absolute atomic E-state index is 13.2. The van der Waals surface area contributed by atoms with Crippen molar-refractivity contribution in [3.63, 3.8) is 0 Å². The fraction of sp³-hybridized carbons (Fsp3) is 0.286. The molecule has 5 nitrogen and oxygen atoms in total. The van der Waals surface area contributed by atoms with Crippen molar-refractivity contribution in [3.05, 3.63) is 29.7 Å². The summed E-state index contributed by atoms with van der Waals surface area (Å²) in [5, 5.41) is 19.9. The number of aromatic hydroxyl groups is 2. The van der Waals surface area contributed by atoms with Crippen LogP contribution in [-0.4, -0.2) is 27.8 Å². The van der Waals surface area contributed by atoms with Gasteiger partial charge in [0.15, 0.2) is 11.4 Å². The summed E-state index contributed by atoms with van der Waals surface area (Å²) >= 11 is 0. The van der Waals surface area contributed by atoms with Crippen LogP contribution in [0.3, 0.4) is 0 Å². The van der Waals surface area contributed by atoms with E-state index in [0.29, 0.717) is 6.42 Å². The van der Waals surface area contributed by atoms with E-state index in [0.717, 1.165) is 18.6 Å². The fourth-order valence-corrected chi connectivity index (χ4v) is 1.77. The third kappa shape index (κ3) is 2.64. The number of carbonyl (C=O) groups is 1. The molecule has 2 rings (SSSR count). The lowest BCUT2D eigenvalue weighted by molar-refractivity contribution is 0.0488. The third-order valence-electron chi connectivity index (χ3n) is 2.84. The first-order chi connectivity index (χ1) is 9.54. The van der Waals surface area contributed by atoms with E-state index < -0.39 is 29.1 Å². The molecule has 20 heavy (non-hydrogen) atoms. The molecular weight excluding hydrogens is 265 g/mol. The number of carbonyl (C=O) groups excluding carboxylic acids is 1. The van der Waals surface area contributed by atoms with Crippen LogP contribution in [0.4, 0.5) is 4.39 Å². The van der Waals surface area contributed by atoms with Crippen molar-refractivity contribution in [2.24, 2.45) is 0 Å². The summed E-state index contributed by atoms with van der Waals surface area (Å²) in [6, 6.07) is 3.43. The van der Waals surface area contributed by atoms with Gasteiger partial charge in [0.1, 0.15) is 5.82 Å². The Hall–Kier alpha value is -2.37. The number of fused-ring (bicyclic) bond motifs is 1. The van der Waals surface area contributed by atoms with E-state index in [4.69, 9.17) is 4.74 Å². The second-order valence-electron chi connectivity index (χ2n) is 4.31. The molecule has 106 valence electrons. The predicted octanol–water partition coefficient (Wildman–Crippen LogP) is 2.74. The standard InChI is InChI=1S/C14H14FNO4/c1-2-3-6-20-14(19)11-12(17)10-7-8(15)4-5-9(10)13(18)16-11/h4-5,7,17H,2-3,6H2,1H3,(H,16,18). The van der Waals surface area contributed by atoms with Crippen molar-refractivity contribution in [2.75, 3.05) is 6.61 Å². The zero-order valence-corrected chi connectivity index (χ0v) is 10.9. The van der Waals surface area contributed by atoms with Gasteiger partial charge in [-0.25, -0.2) is 14.2 Å². The Morgan fingerprint density at radius 1 is 1.35 bits per heavy atom. The summed E-state index contributed by atoms with van der Waals surface area (Å²) in [5.41, 5.74) is -0.420. The Morgan fingerprint density at radius 2 is 2.10 bits per heavy atom. The van der Waals surface area contributed by atoms with Crippen LogP contribution < -0.4 is 0 Å². The van der Waals surface area contributed by atoms with E-state index in [9.17, 15) is 19.4 Å². The summed E-state index contributed by atoms with van der Waals surface area (Å²) in [6.07, 6.45) is 1.53. The molecule has 6 heteroatoms. The lowest BCUT2D eigenvalue weighted by Gasteiger charge is -2.09. The van der Waals surface area contributed by atoms with Gasteiger partial charge in [0, 0.05) is 10.8 Å². The van der Waals surface area contributed by atoms with Gasteiger partial charge < -0.3 is 14.9 Å². The molecule has 0 bridgehead atoms. The van der Waals surface area contributed by atoms with Crippen LogP contribution in [0, 0.1) is 5.82 Å². The van der Waals surface area contributed by atoms with Crippen molar-refractivity contribution < 1.29 is 24.1 Å². The molecule has 2 N–H and O–H groups in total. The Bertz CT molecular complexity index is 657. The largest absolute Gasteiger partial charge is 0.505 e. The number of rotatable bonds is 4. The zero-order chi connectivity index (χ0) is 14.7. The molecule has 0 amide bonds. The maximum Gasteiger partial charge on any atom is 0.360 e. The number of unbranched alkanes of at least 4 members (excludes halogenated alkanes) is 1. The average Bonchev–Trinajstić information content (AvgIpc) is 2.42. The van der Waals surface area contributed by atoms with Gasteiger partial charge in [0.25, 0.3) is 0 Å². The highest BCUT2D eigenvalue weighted by atomic mass is 19.1. The van der Waals surface area contributed by atoms with Gasteiger partial charge in [-0.3, -0.25) is 0 Å². The highest BCUT2D eigenvalue weighted by Crippen LogP contribution is 2.33. The smallest absolute Gasteiger partial charge is 0.360 e. The highest BCUT2D eigenvalue weighted by molar-refractivity contribution is 6.01. The van der Waals surface area contributed by atoms with Gasteiger partial charge in [-0.2, -0.15) is 0 Å². The van der Waals surface area contributed by atoms with E-state index in [1.807, 2.05) is 6.92 Å². The molecule has 0 saturated heterocycles. The number of esters is 1. The van der Waals surface area contributed by atoms with Crippen molar-refractivity contribution in [2.45, 2.75) is 19.8 Å². The molecule has 1 aromatic carbocycles. The Labute approximate surface area is 114 Å². The number of hydrogen-bond acceptors (Lipinski definition) is 5. The van der Waals surface area contributed by atoms with Gasteiger partial charge in [-0.05, 0) is 24.6 Å². The quantitative estimate of drug-likeness (QED) is 0.664. The minimum Gasteiger partial charge on any atom is -0.505 e. The van der Waals surface area contributed by atoms with Crippen molar-refractivity contribution >= 4 is 16.7 Å². The van der Waals surface area contributed by atoms with Crippen LogP contribution in [0.25, 0.3) is 10.8 Å². The molecule has 0 fully saturated rings. The lowest BCUT2D eigenvalue weighted by Crippen LogP contribution is -2.09. The second kappa shape index (κ2) is 5.73. The lowest BCUT2D eigenvalue weighted by atomic mass is 10.1. The van der Waals surface area contributed by atoms with Gasteiger partial charge in [0.2, 0.25) is 5.88 Å². The Balaban J connectivity index is 2.44. The third-order valence-corrected chi connectivity index (χ3v) is 2.84. The summed E-state index contributed by atoms with van der Waals surface area (Å²) in [5.74, 6) is -2.40. The molecule has 0 radical (unpaired) electrons. The SMILES string of the molecule is CCCCOC(=O)c1nc(O)c2ccc(F)cc2c1O. The summed E-state index contributed by atoms with van der Waals surface area (Å²) < 4.78 is 18.1. The number of ether oxygens (including phenoxy) is 1. The molecule has 0 aliphatic carbocycles. The van der Waals surface area contributed by atoms with E-state index in [-0.39, 0.29) is 17.4 Å². The monoisotopic (exact) mass is 279 g/mol. The van der Waals surface area contributed by atoms with E-state index >= 15 is 0 Å². The molecule has 0 spiro atoms. The van der Waals surface area contributed by atoms with Crippen molar-refractivity contribution in [1.29, 1.82) is 0 Å². The fourth-order valence-electron chi connectivity index (χ4n) is 1.77. The molecular formula is C14H14FNO4. The van der Waals surface area contributed by atoms with Crippen LogP contribution in [-0.2, 0) is 4.74 Å². The minimum absolute atomic E-state index is 0.0138. The predicted molar refractivity (Wildman–Crippen MR) is 70.2 cm³/mol. The Morgan fingerprint density at radius 3 is 2.80 bits per heavy atom. The Kier molecular flexibility index (Phi) is 4.02. The minimum atomic E-state index is -0.850. The number of halogens is 1. The molecule has 0 unspecified atom stereocenters. The number of benzene rings is 1. The first-order valence-corrected chi connectivity index (χ1v) is 6.23. The average molecular weight is 279 g/mol. The van der Waals surface area contributed by atoms with Crippen LogP contribution in [0.5, 0.6) is 11.6 Å². The number of aromatic nitrogens is 1. The molecule has 0 saturated carbocycles. The van der Waals surface area contributed by atoms with E-state index in [2.05, 4.69) is 4.98 Å². The maximum atomic E-state index is 13.2. The van der Waals surface area contributed by atoms with E-state index in [1.165, 1.54) is 6.07 Å². The topological polar surface area (TPSA) is 79.7 Å². The molecule has 0 aliphatic rings. The molecule has 0 aliphatic heterocycles. The highest BCUT2D eigenvalue weighted by Gasteiger charge is 2.20. The molecule has 0 atom stereocenters. The summed E-state index contributed by atoms with van der Waals surface area (Å²) in [4.78, 5) is 15.4. The van der Waals surface area contributed by atoms with Gasteiger partial charge in [-0.15, -0.1) is 0 Å². The first kappa shape index (κ1) is 14.0. The first-order valence-electron chi connectivity index (χ1n) is 6.23. The molecule has 2 aromatic rings. The van der Waals surface area contributed by atoms with Gasteiger partial charge in [-0.1, -0.05) is 13.3 Å². The van der Waals surface area contributed by atoms with Crippen LogP contribution >= 0.6 is 0 Å². The number of hydrogen-bond donors (Lipinski definition) is 2. The summed E-state index contributed by atoms with van der Waals surface area (Å²) in [7, 11) is 0. The zero-order valence-electron chi connectivity index (χ0n) is 10.9. The molecule has 1 aromatic heterocycles. The second-order valence-corrected chi connectivity index (χ2v) is 4.31. The van der Waals surface area contributed by atoms with Gasteiger partial charge in [0.05, 0.1) is 6.61 Å². The van der Waals surface area contributed by atoms with Crippen LogP contribution in [0.2, 0.25) is 0 Å². The van der Waals surface area contributed by atoms with Crippen LogP contribution in [0.15, 0.2) is 18.2 Å². The number of pyridine rings is 1. The molecule has 1 heterocycles. The normalized spacial score (nSPS) is 10.7. The summed E-state index contributed by atoms with van der Waals surface area (Å²) in [6.45, 7) is 2.13. The van der Waals surface area contributed by atoms with Crippen LogP contribution in [0.1, 0.15) is 30.3 Å².